The van der Waals surface area contributed by atoms with Gasteiger partial charge in [0.25, 0.3) is 0 Å². The Labute approximate surface area is 120 Å². The maximum absolute atomic E-state index is 12.6. The van der Waals surface area contributed by atoms with Crippen molar-refractivity contribution in [3.05, 3.63) is 17.6 Å². The van der Waals surface area contributed by atoms with E-state index in [9.17, 15) is 8.42 Å². The smallest absolute Gasteiger partial charge is 0.246 e. The third kappa shape index (κ3) is 2.92. The van der Waals surface area contributed by atoms with E-state index < -0.39 is 10.0 Å². The highest BCUT2D eigenvalue weighted by molar-refractivity contribution is 7.89. The van der Waals surface area contributed by atoms with Crippen molar-refractivity contribution in [2.45, 2.75) is 57.1 Å². The van der Waals surface area contributed by atoms with Gasteiger partial charge in [0.15, 0.2) is 0 Å². The van der Waals surface area contributed by atoms with Crippen molar-refractivity contribution in [3.63, 3.8) is 0 Å². The van der Waals surface area contributed by atoms with Crippen LogP contribution in [-0.4, -0.2) is 30.9 Å². The van der Waals surface area contributed by atoms with Crippen molar-refractivity contribution in [1.82, 2.24) is 4.31 Å². The molecule has 1 saturated carbocycles. The van der Waals surface area contributed by atoms with Crippen molar-refractivity contribution in [1.29, 1.82) is 0 Å². The fraction of sp³-hybridized carbons (Fsp3) is 0.714. The molecule has 0 aromatic carbocycles. The predicted octanol–water partition coefficient (Wildman–Crippen LogP) is 2.28. The van der Waals surface area contributed by atoms with Gasteiger partial charge in [0.2, 0.25) is 10.0 Å². The molecule has 1 aromatic rings. The minimum absolute atomic E-state index is 0.0584. The summed E-state index contributed by atoms with van der Waals surface area (Å²) < 4.78 is 32.0. The monoisotopic (exact) mass is 301 g/mol. The first-order chi connectivity index (χ1) is 9.36. The van der Waals surface area contributed by atoms with Crippen LogP contribution in [0.1, 0.15) is 44.1 Å². The maximum Gasteiger partial charge on any atom is 0.246 e. The van der Waals surface area contributed by atoms with Gasteiger partial charge in [0.1, 0.15) is 23.0 Å². The maximum atomic E-state index is 12.6. The third-order valence-corrected chi connectivity index (χ3v) is 6.25. The zero-order valence-corrected chi connectivity index (χ0v) is 13.1. The van der Waals surface area contributed by atoms with Crippen LogP contribution in [0, 0.1) is 12.8 Å². The Morgan fingerprint density at radius 2 is 1.95 bits per heavy atom. The van der Waals surface area contributed by atoms with Gasteiger partial charge in [-0.05, 0) is 38.5 Å². The molecule has 0 unspecified atom stereocenters. The molecular formula is C14H23NO4S. The Hall–Kier alpha value is -0.850. The lowest BCUT2D eigenvalue weighted by Gasteiger charge is -2.32. The van der Waals surface area contributed by atoms with E-state index in [1.54, 1.807) is 14.0 Å². The molecule has 0 atom stereocenters. The van der Waals surface area contributed by atoms with E-state index in [0.717, 1.165) is 25.7 Å². The van der Waals surface area contributed by atoms with Crippen LogP contribution in [0.15, 0.2) is 15.4 Å². The van der Waals surface area contributed by atoms with Gasteiger partial charge < -0.3 is 9.52 Å². The van der Waals surface area contributed by atoms with E-state index in [4.69, 9.17) is 9.52 Å². The Morgan fingerprint density at radius 1 is 1.35 bits per heavy atom. The predicted molar refractivity (Wildman–Crippen MR) is 75.7 cm³/mol. The summed E-state index contributed by atoms with van der Waals surface area (Å²) >= 11 is 0. The summed E-state index contributed by atoms with van der Waals surface area (Å²) in [4.78, 5) is 0.169. The number of aliphatic hydroxyl groups excluding tert-OH is 1. The zero-order valence-electron chi connectivity index (χ0n) is 12.3. The fourth-order valence-corrected chi connectivity index (χ4v) is 4.41. The van der Waals surface area contributed by atoms with Crippen LogP contribution in [0.3, 0.4) is 0 Å². The molecule has 1 N–H and O–H groups in total. The number of hydrogen-bond donors (Lipinski definition) is 1. The highest BCUT2D eigenvalue weighted by Gasteiger charge is 2.32. The number of furan rings is 1. The van der Waals surface area contributed by atoms with Gasteiger partial charge in [-0.3, -0.25) is 0 Å². The number of sulfonamides is 1. The van der Waals surface area contributed by atoms with Crippen molar-refractivity contribution in [2.24, 2.45) is 5.92 Å². The minimum Gasteiger partial charge on any atom is -0.462 e. The molecule has 5 nitrogen and oxygen atoms in total. The number of rotatable bonds is 4. The van der Waals surface area contributed by atoms with Gasteiger partial charge >= 0.3 is 0 Å². The fourth-order valence-electron chi connectivity index (χ4n) is 2.82. The zero-order chi connectivity index (χ0) is 14.9. The van der Waals surface area contributed by atoms with E-state index >= 15 is 0 Å². The lowest BCUT2D eigenvalue weighted by atomic mass is 9.87. The SMILES string of the molecule is Cc1oc(CO)cc1S(=O)(=O)N(C)C1CCC(C)CC1. The largest absolute Gasteiger partial charge is 0.462 e. The molecule has 1 aliphatic rings. The van der Waals surface area contributed by atoms with E-state index in [1.165, 1.54) is 10.4 Å². The number of aliphatic hydroxyl groups is 1. The molecule has 1 aliphatic carbocycles. The summed E-state index contributed by atoms with van der Waals surface area (Å²) in [6.45, 7) is 3.53. The molecule has 0 bridgehead atoms. The Kier molecular flexibility index (Phi) is 4.56. The minimum atomic E-state index is -3.55. The summed E-state index contributed by atoms with van der Waals surface area (Å²) in [5.74, 6) is 1.30. The molecular weight excluding hydrogens is 278 g/mol. The highest BCUT2D eigenvalue weighted by atomic mass is 32.2. The molecule has 1 aromatic heterocycles. The van der Waals surface area contributed by atoms with E-state index in [1.807, 2.05) is 0 Å². The Morgan fingerprint density at radius 3 is 2.45 bits per heavy atom. The molecule has 2 rings (SSSR count). The molecule has 114 valence electrons. The van der Waals surface area contributed by atoms with Crippen LogP contribution in [0.2, 0.25) is 0 Å². The van der Waals surface area contributed by atoms with Gasteiger partial charge in [-0.15, -0.1) is 0 Å². The molecule has 0 amide bonds. The summed E-state index contributed by atoms with van der Waals surface area (Å²) in [7, 11) is -1.91. The molecule has 20 heavy (non-hydrogen) atoms. The van der Waals surface area contributed by atoms with Crippen molar-refractivity contribution in [2.75, 3.05) is 7.05 Å². The quantitative estimate of drug-likeness (QED) is 0.926. The average Bonchev–Trinajstić information content (AvgIpc) is 2.81. The van der Waals surface area contributed by atoms with Crippen molar-refractivity contribution >= 4 is 10.0 Å². The van der Waals surface area contributed by atoms with Gasteiger partial charge in [0.05, 0.1) is 0 Å². The molecule has 0 saturated heterocycles. The lowest BCUT2D eigenvalue weighted by molar-refractivity contribution is 0.244. The number of hydrogen-bond acceptors (Lipinski definition) is 4. The van der Waals surface area contributed by atoms with Crippen LogP contribution < -0.4 is 0 Å². The van der Waals surface area contributed by atoms with Gasteiger partial charge in [-0.2, -0.15) is 4.31 Å². The Bertz CT molecular complexity index is 556. The number of nitrogens with zero attached hydrogens (tertiary/aromatic N) is 1. The second-order valence-corrected chi connectivity index (χ2v) is 7.69. The molecule has 0 aliphatic heterocycles. The molecule has 0 spiro atoms. The summed E-state index contributed by atoms with van der Waals surface area (Å²) in [5, 5.41) is 9.06. The molecule has 1 fully saturated rings. The van der Waals surface area contributed by atoms with E-state index in [-0.39, 0.29) is 23.3 Å². The lowest BCUT2D eigenvalue weighted by Crippen LogP contribution is -2.39. The molecule has 1 heterocycles. The standard InChI is InChI=1S/C14H23NO4S/c1-10-4-6-12(7-5-10)15(3)20(17,18)14-8-13(9-16)19-11(14)2/h8,10,12,16H,4-7,9H2,1-3H3. The third-order valence-electron chi connectivity index (χ3n) is 4.24. The van der Waals surface area contributed by atoms with Crippen LogP contribution in [-0.2, 0) is 16.6 Å². The van der Waals surface area contributed by atoms with Gasteiger partial charge in [0, 0.05) is 19.2 Å². The van der Waals surface area contributed by atoms with Crippen LogP contribution >= 0.6 is 0 Å². The van der Waals surface area contributed by atoms with E-state index in [2.05, 4.69) is 6.92 Å². The second kappa shape index (κ2) is 5.87. The van der Waals surface area contributed by atoms with Crippen LogP contribution in [0.25, 0.3) is 0 Å². The summed E-state index contributed by atoms with van der Waals surface area (Å²) in [6.07, 6.45) is 3.94. The number of aryl methyl sites for hydroxylation is 1. The first kappa shape index (κ1) is 15.5. The summed E-state index contributed by atoms with van der Waals surface area (Å²) in [5.41, 5.74) is 0. The normalized spacial score (nSPS) is 24.2. The van der Waals surface area contributed by atoms with Crippen LogP contribution in [0.4, 0.5) is 0 Å². The molecule has 0 radical (unpaired) electrons. The topological polar surface area (TPSA) is 70.8 Å². The first-order valence-corrected chi connectivity index (χ1v) is 8.48. The van der Waals surface area contributed by atoms with E-state index in [0.29, 0.717) is 11.7 Å². The van der Waals surface area contributed by atoms with Crippen LogP contribution in [0.5, 0.6) is 0 Å². The van der Waals surface area contributed by atoms with Crippen molar-refractivity contribution < 1.29 is 17.9 Å². The highest BCUT2D eigenvalue weighted by Crippen LogP contribution is 2.31. The Balaban J connectivity index is 2.22. The average molecular weight is 301 g/mol. The van der Waals surface area contributed by atoms with Crippen molar-refractivity contribution in [3.8, 4) is 0 Å². The second-order valence-electron chi connectivity index (χ2n) is 5.73. The van der Waals surface area contributed by atoms with Gasteiger partial charge in [-0.1, -0.05) is 6.92 Å². The first-order valence-electron chi connectivity index (χ1n) is 7.04. The molecule has 6 heteroatoms. The van der Waals surface area contributed by atoms with Gasteiger partial charge in [-0.25, -0.2) is 8.42 Å². The summed E-state index contributed by atoms with van der Waals surface area (Å²) in [6, 6.07) is 1.48.